The predicted molar refractivity (Wildman–Crippen MR) is 79.2 cm³/mol. The maximum absolute atomic E-state index is 12.9. The Labute approximate surface area is 133 Å². The van der Waals surface area contributed by atoms with E-state index in [1.807, 2.05) is 24.3 Å². The van der Waals surface area contributed by atoms with Gasteiger partial charge in [0.25, 0.3) is 0 Å². The van der Waals surface area contributed by atoms with Gasteiger partial charge in [0.05, 0.1) is 13.0 Å². The third kappa shape index (κ3) is 3.46. The Bertz CT molecular complexity index is 570. The largest absolute Gasteiger partial charge is 0.497 e. The highest BCUT2D eigenvalue weighted by molar-refractivity contribution is 5.83. The van der Waals surface area contributed by atoms with Crippen molar-refractivity contribution in [1.82, 2.24) is 4.90 Å². The zero-order valence-electron chi connectivity index (χ0n) is 13.0. The highest BCUT2D eigenvalue weighted by atomic mass is 19.4. The summed E-state index contributed by atoms with van der Waals surface area (Å²) in [5.74, 6) is -0.797. The Morgan fingerprint density at radius 3 is 2.57 bits per heavy atom. The molecule has 1 amide bonds. The zero-order chi connectivity index (χ0) is 16.6. The number of hydrogen-bond donors (Lipinski definition) is 0. The van der Waals surface area contributed by atoms with Gasteiger partial charge in [-0.25, -0.2) is 0 Å². The zero-order valence-corrected chi connectivity index (χ0v) is 13.0. The SMILES string of the molecule is COc1ccc([C@@H]2C[C@@H]2C(=O)N2CCC[C@H](C(F)(F)F)C2)cc1. The van der Waals surface area contributed by atoms with Crippen molar-refractivity contribution >= 4 is 5.91 Å². The molecule has 3 nitrogen and oxygen atoms in total. The lowest BCUT2D eigenvalue weighted by molar-refractivity contribution is -0.188. The van der Waals surface area contributed by atoms with Gasteiger partial charge in [-0.1, -0.05) is 12.1 Å². The lowest BCUT2D eigenvalue weighted by Gasteiger charge is -2.34. The molecular weight excluding hydrogens is 307 g/mol. The number of alkyl halides is 3. The van der Waals surface area contributed by atoms with E-state index in [-0.39, 0.29) is 30.7 Å². The van der Waals surface area contributed by atoms with Crippen LogP contribution in [0.4, 0.5) is 13.2 Å². The minimum Gasteiger partial charge on any atom is -0.497 e. The van der Waals surface area contributed by atoms with E-state index in [1.165, 1.54) is 4.90 Å². The van der Waals surface area contributed by atoms with E-state index in [9.17, 15) is 18.0 Å². The Balaban J connectivity index is 1.61. The first-order valence-electron chi connectivity index (χ1n) is 7.89. The molecular formula is C17H20F3NO2. The quantitative estimate of drug-likeness (QED) is 0.849. The number of piperidine rings is 1. The Hall–Kier alpha value is -1.72. The van der Waals surface area contributed by atoms with Gasteiger partial charge in [-0.3, -0.25) is 4.79 Å². The fraction of sp³-hybridized carbons (Fsp3) is 0.588. The smallest absolute Gasteiger partial charge is 0.393 e. The maximum Gasteiger partial charge on any atom is 0.393 e. The molecule has 0 N–H and O–H groups in total. The van der Waals surface area contributed by atoms with Crippen molar-refractivity contribution in [1.29, 1.82) is 0 Å². The molecule has 2 fully saturated rings. The summed E-state index contributed by atoms with van der Waals surface area (Å²) in [4.78, 5) is 13.9. The molecule has 0 unspecified atom stereocenters. The molecule has 1 aromatic carbocycles. The molecule has 1 aliphatic carbocycles. The normalized spacial score (nSPS) is 27.7. The van der Waals surface area contributed by atoms with Crippen LogP contribution in [0.2, 0.25) is 0 Å². The summed E-state index contributed by atoms with van der Waals surface area (Å²) in [6, 6.07) is 7.53. The van der Waals surface area contributed by atoms with Crippen molar-refractivity contribution in [3.63, 3.8) is 0 Å². The number of nitrogens with zero attached hydrogens (tertiary/aromatic N) is 1. The number of rotatable bonds is 3. The summed E-state index contributed by atoms with van der Waals surface area (Å²) in [7, 11) is 1.59. The molecule has 2 aliphatic rings. The van der Waals surface area contributed by atoms with Crippen LogP contribution in [0.15, 0.2) is 24.3 Å². The lowest BCUT2D eigenvalue weighted by Crippen LogP contribution is -2.45. The summed E-state index contributed by atoms with van der Waals surface area (Å²) >= 11 is 0. The number of ether oxygens (including phenoxy) is 1. The molecule has 0 aromatic heterocycles. The van der Waals surface area contributed by atoms with Crippen LogP contribution in [-0.4, -0.2) is 37.2 Å². The molecule has 0 radical (unpaired) electrons. The van der Waals surface area contributed by atoms with Crippen molar-refractivity contribution < 1.29 is 22.7 Å². The van der Waals surface area contributed by atoms with Crippen LogP contribution in [0, 0.1) is 11.8 Å². The second kappa shape index (κ2) is 6.06. The molecule has 3 rings (SSSR count). The van der Waals surface area contributed by atoms with Crippen LogP contribution >= 0.6 is 0 Å². The van der Waals surface area contributed by atoms with E-state index in [0.717, 1.165) is 17.7 Å². The Morgan fingerprint density at radius 2 is 1.96 bits per heavy atom. The fourth-order valence-corrected chi connectivity index (χ4v) is 3.37. The van der Waals surface area contributed by atoms with E-state index < -0.39 is 12.1 Å². The van der Waals surface area contributed by atoms with E-state index in [4.69, 9.17) is 4.74 Å². The van der Waals surface area contributed by atoms with Crippen LogP contribution in [0.25, 0.3) is 0 Å². The minimum atomic E-state index is -4.21. The van der Waals surface area contributed by atoms with Gasteiger partial charge in [0.2, 0.25) is 5.91 Å². The molecule has 1 saturated carbocycles. The number of hydrogen-bond acceptors (Lipinski definition) is 2. The molecule has 1 aromatic rings. The monoisotopic (exact) mass is 327 g/mol. The van der Waals surface area contributed by atoms with Crippen LogP contribution in [0.3, 0.4) is 0 Å². The van der Waals surface area contributed by atoms with Gasteiger partial charge in [-0.15, -0.1) is 0 Å². The van der Waals surface area contributed by atoms with Crippen LogP contribution in [0.1, 0.15) is 30.7 Å². The van der Waals surface area contributed by atoms with Crippen LogP contribution < -0.4 is 4.74 Å². The molecule has 0 bridgehead atoms. The number of carbonyl (C=O) groups excluding carboxylic acids is 1. The Kier molecular flexibility index (Phi) is 4.25. The van der Waals surface area contributed by atoms with Gasteiger partial charge in [0.15, 0.2) is 0 Å². The first-order valence-corrected chi connectivity index (χ1v) is 7.89. The molecule has 0 spiro atoms. The summed E-state index contributed by atoms with van der Waals surface area (Å²) in [6.07, 6.45) is -2.94. The third-order valence-electron chi connectivity index (χ3n) is 4.85. The van der Waals surface area contributed by atoms with Crippen molar-refractivity contribution in [3.05, 3.63) is 29.8 Å². The maximum atomic E-state index is 12.9. The van der Waals surface area contributed by atoms with Crippen LogP contribution in [0.5, 0.6) is 5.75 Å². The molecule has 23 heavy (non-hydrogen) atoms. The van der Waals surface area contributed by atoms with Crippen LogP contribution in [-0.2, 0) is 4.79 Å². The minimum absolute atomic E-state index is 0.125. The van der Waals surface area contributed by atoms with Gasteiger partial charge < -0.3 is 9.64 Å². The molecule has 1 saturated heterocycles. The number of likely N-dealkylation sites (tertiary alicyclic amines) is 1. The first kappa shape index (κ1) is 16.1. The van der Waals surface area contributed by atoms with Gasteiger partial charge in [-0.2, -0.15) is 13.2 Å². The number of carbonyl (C=O) groups is 1. The predicted octanol–water partition coefficient (Wildman–Crippen LogP) is 3.60. The molecule has 6 heteroatoms. The van der Waals surface area contributed by atoms with Gasteiger partial charge >= 0.3 is 6.18 Å². The van der Waals surface area contributed by atoms with Crippen molar-refractivity contribution in [2.45, 2.75) is 31.4 Å². The van der Waals surface area contributed by atoms with Gasteiger partial charge in [0, 0.05) is 19.0 Å². The van der Waals surface area contributed by atoms with Crippen molar-refractivity contribution in [2.75, 3.05) is 20.2 Å². The Morgan fingerprint density at radius 1 is 1.26 bits per heavy atom. The molecule has 1 aliphatic heterocycles. The molecule has 126 valence electrons. The average molecular weight is 327 g/mol. The fourth-order valence-electron chi connectivity index (χ4n) is 3.37. The number of amides is 1. The number of halogens is 3. The van der Waals surface area contributed by atoms with E-state index in [2.05, 4.69) is 0 Å². The molecule has 3 atom stereocenters. The van der Waals surface area contributed by atoms with E-state index in [1.54, 1.807) is 7.11 Å². The summed E-state index contributed by atoms with van der Waals surface area (Å²) in [5, 5.41) is 0. The lowest BCUT2D eigenvalue weighted by atomic mass is 9.97. The second-order valence-corrected chi connectivity index (χ2v) is 6.39. The standard InChI is InChI=1S/C17H20F3NO2/c1-23-13-6-4-11(5-7-13)14-9-15(14)16(22)21-8-2-3-12(10-21)17(18,19)20/h4-7,12,14-15H,2-3,8-10H2,1H3/t12-,14-,15-/m0/s1. The first-order chi connectivity index (χ1) is 10.9. The molecule has 1 heterocycles. The van der Waals surface area contributed by atoms with Gasteiger partial charge in [0.1, 0.15) is 5.75 Å². The highest BCUT2D eigenvalue weighted by Crippen LogP contribution is 2.49. The average Bonchev–Trinajstić information content (AvgIpc) is 3.34. The van der Waals surface area contributed by atoms with Crippen molar-refractivity contribution in [3.8, 4) is 5.75 Å². The van der Waals surface area contributed by atoms with Gasteiger partial charge in [-0.05, 0) is 42.9 Å². The van der Waals surface area contributed by atoms with E-state index in [0.29, 0.717) is 13.0 Å². The topological polar surface area (TPSA) is 29.5 Å². The summed E-state index contributed by atoms with van der Waals surface area (Å²) in [5.41, 5.74) is 1.05. The number of methoxy groups -OCH3 is 1. The number of benzene rings is 1. The third-order valence-corrected chi connectivity index (χ3v) is 4.85. The summed E-state index contributed by atoms with van der Waals surface area (Å²) < 4.78 is 43.7. The van der Waals surface area contributed by atoms with Crippen molar-refractivity contribution in [2.24, 2.45) is 11.8 Å². The van der Waals surface area contributed by atoms with E-state index >= 15 is 0 Å². The highest BCUT2D eigenvalue weighted by Gasteiger charge is 2.48. The second-order valence-electron chi connectivity index (χ2n) is 6.39. The summed E-state index contributed by atoms with van der Waals surface area (Å²) in [6.45, 7) is 0.255.